The highest BCUT2D eigenvalue weighted by molar-refractivity contribution is 7.12. The predicted octanol–water partition coefficient (Wildman–Crippen LogP) is 3.88. The lowest BCUT2D eigenvalue weighted by atomic mass is 10.1. The van der Waals surface area contributed by atoms with E-state index < -0.39 is 0 Å². The third-order valence-corrected chi connectivity index (χ3v) is 5.13. The number of carbonyl (C=O) groups excluding carboxylic acids is 2. The van der Waals surface area contributed by atoms with Crippen LogP contribution in [0.15, 0.2) is 65.1 Å². The zero-order valence-corrected chi connectivity index (χ0v) is 16.3. The smallest absolute Gasteiger partial charge is 0.281 e. The Labute approximate surface area is 171 Å². The van der Waals surface area contributed by atoms with Crippen LogP contribution in [-0.2, 0) is 0 Å². The van der Waals surface area contributed by atoms with E-state index in [1.54, 1.807) is 43.3 Å². The molecule has 0 spiro atoms. The molecule has 0 aliphatic carbocycles. The molecule has 3 aromatic rings. The highest BCUT2D eigenvalue weighted by Gasteiger charge is 2.16. The summed E-state index contributed by atoms with van der Waals surface area (Å²) in [5.41, 5.74) is 5.15. The van der Waals surface area contributed by atoms with E-state index in [9.17, 15) is 9.59 Å². The number of hydrogen-bond donors (Lipinski definition) is 2. The van der Waals surface area contributed by atoms with Crippen molar-refractivity contribution in [2.75, 3.05) is 12.1 Å². The summed E-state index contributed by atoms with van der Waals surface area (Å²) in [6.45, 7) is 1.96. The summed E-state index contributed by atoms with van der Waals surface area (Å²) in [6, 6.07) is 15.8. The van der Waals surface area contributed by atoms with Gasteiger partial charge in [-0.15, -0.1) is 11.3 Å². The van der Waals surface area contributed by atoms with Crippen LogP contribution in [0.25, 0.3) is 0 Å². The minimum Gasteiger partial charge on any atom is -0.454 e. The summed E-state index contributed by atoms with van der Waals surface area (Å²) in [4.78, 5) is 25.0. The topological polar surface area (TPSA) is 89.0 Å². The van der Waals surface area contributed by atoms with E-state index in [2.05, 4.69) is 15.8 Å². The fraction of sp³-hybridized carbons (Fsp3) is 0.0952. The summed E-state index contributed by atoms with van der Waals surface area (Å²) in [6.07, 6.45) is 0. The largest absolute Gasteiger partial charge is 0.454 e. The Hall–Kier alpha value is -3.65. The molecule has 7 nitrogen and oxygen atoms in total. The maximum atomic E-state index is 12.4. The number of ether oxygens (including phenoxy) is 2. The van der Waals surface area contributed by atoms with Gasteiger partial charge in [0.1, 0.15) is 0 Å². The average molecular weight is 407 g/mol. The molecular formula is C21H17N3O4S. The van der Waals surface area contributed by atoms with Crippen molar-refractivity contribution < 1.29 is 19.1 Å². The van der Waals surface area contributed by atoms with E-state index in [1.165, 1.54) is 11.3 Å². The van der Waals surface area contributed by atoms with Gasteiger partial charge in [-0.3, -0.25) is 9.59 Å². The van der Waals surface area contributed by atoms with Gasteiger partial charge in [-0.05, 0) is 54.3 Å². The molecule has 0 bridgehead atoms. The Morgan fingerprint density at radius 1 is 0.966 bits per heavy atom. The quantitative estimate of drug-likeness (QED) is 0.496. The number of amides is 2. The van der Waals surface area contributed by atoms with Crippen LogP contribution in [0, 0.1) is 0 Å². The van der Waals surface area contributed by atoms with E-state index in [-0.39, 0.29) is 18.6 Å². The van der Waals surface area contributed by atoms with Gasteiger partial charge in [0.05, 0.1) is 10.6 Å². The molecule has 0 atom stereocenters. The molecule has 2 aromatic carbocycles. The van der Waals surface area contributed by atoms with Crippen molar-refractivity contribution in [2.45, 2.75) is 6.92 Å². The third-order valence-electron chi connectivity index (χ3n) is 4.27. The first-order valence-electron chi connectivity index (χ1n) is 8.80. The number of hydrogen-bond acceptors (Lipinski definition) is 6. The fourth-order valence-corrected chi connectivity index (χ4v) is 3.31. The van der Waals surface area contributed by atoms with Crippen molar-refractivity contribution in [1.29, 1.82) is 0 Å². The first kappa shape index (κ1) is 18.7. The number of rotatable bonds is 5. The van der Waals surface area contributed by atoms with Crippen LogP contribution in [0.4, 0.5) is 5.69 Å². The Kier molecular flexibility index (Phi) is 5.26. The van der Waals surface area contributed by atoms with Crippen molar-refractivity contribution in [1.82, 2.24) is 5.43 Å². The number of fused-ring (bicyclic) bond motifs is 1. The van der Waals surface area contributed by atoms with E-state index in [4.69, 9.17) is 9.47 Å². The molecular weight excluding hydrogens is 390 g/mol. The molecule has 1 aromatic heterocycles. The van der Waals surface area contributed by atoms with Crippen LogP contribution in [0.1, 0.15) is 32.5 Å². The lowest BCUT2D eigenvalue weighted by Gasteiger charge is -2.07. The molecule has 4 rings (SSSR count). The van der Waals surface area contributed by atoms with Crippen LogP contribution in [0.2, 0.25) is 0 Å². The molecule has 2 heterocycles. The average Bonchev–Trinajstić information content (AvgIpc) is 3.43. The summed E-state index contributed by atoms with van der Waals surface area (Å²) < 4.78 is 10.6. The molecule has 2 amide bonds. The molecule has 0 saturated heterocycles. The second kappa shape index (κ2) is 8.15. The molecule has 0 fully saturated rings. The molecule has 2 N–H and O–H groups in total. The van der Waals surface area contributed by atoms with Crippen LogP contribution < -0.4 is 20.2 Å². The number of thiophene rings is 1. The van der Waals surface area contributed by atoms with E-state index in [1.807, 2.05) is 23.6 Å². The maximum absolute atomic E-state index is 12.4. The number of anilines is 1. The second-order valence-corrected chi connectivity index (χ2v) is 7.16. The number of carbonyl (C=O) groups is 2. The van der Waals surface area contributed by atoms with Crippen molar-refractivity contribution >= 4 is 34.6 Å². The van der Waals surface area contributed by atoms with Crippen LogP contribution in [0.3, 0.4) is 0 Å². The predicted molar refractivity (Wildman–Crippen MR) is 111 cm³/mol. The Bertz CT molecular complexity index is 1080. The summed E-state index contributed by atoms with van der Waals surface area (Å²) >= 11 is 1.35. The Balaban J connectivity index is 1.39. The lowest BCUT2D eigenvalue weighted by molar-refractivity contribution is 0.0958. The Morgan fingerprint density at radius 3 is 2.48 bits per heavy atom. The molecule has 1 aliphatic rings. The lowest BCUT2D eigenvalue weighted by Crippen LogP contribution is -2.18. The highest BCUT2D eigenvalue weighted by Crippen LogP contribution is 2.32. The molecule has 0 radical (unpaired) electrons. The van der Waals surface area contributed by atoms with Crippen molar-refractivity contribution in [3.05, 3.63) is 76.0 Å². The van der Waals surface area contributed by atoms with Gasteiger partial charge in [-0.1, -0.05) is 18.2 Å². The molecule has 29 heavy (non-hydrogen) atoms. The highest BCUT2D eigenvalue weighted by atomic mass is 32.1. The number of nitrogens with zero attached hydrogens (tertiary/aromatic N) is 1. The van der Waals surface area contributed by atoms with Gasteiger partial charge >= 0.3 is 0 Å². The number of nitrogens with one attached hydrogen (secondary N) is 2. The first-order chi connectivity index (χ1) is 14.1. The van der Waals surface area contributed by atoms with Gasteiger partial charge in [0.2, 0.25) is 6.79 Å². The zero-order valence-electron chi connectivity index (χ0n) is 15.5. The number of hydrazone groups is 1. The molecule has 0 unspecified atom stereocenters. The van der Waals surface area contributed by atoms with Gasteiger partial charge in [-0.2, -0.15) is 5.10 Å². The molecule has 0 saturated carbocycles. The number of benzene rings is 2. The summed E-state index contributed by atoms with van der Waals surface area (Å²) in [5, 5.41) is 8.81. The zero-order chi connectivity index (χ0) is 20.2. The SMILES string of the molecule is C/C(=N/NC(=O)c1cccs1)c1ccc(NC(=O)c2ccc3c(c2)OCO3)cc1. The first-order valence-corrected chi connectivity index (χ1v) is 9.68. The maximum Gasteiger partial charge on any atom is 0.281 e. The van der Waals surface area contributed by atoms with E-state index >= 15 is 0 Å². The van der Waals surface area contributed by atoms with Crippen molar-refractivity contribution in [3.63, 3.8) is 0 Å². The minimum absolute atomic E-state index is 0.163. The van der Waals surface area contributed by atoms with E-state index in [0.717, 1.165) is 5.56 Å². The van der Waals surface area contributed by atoms with Crippen molar-refractivity contribution in [2.24, 2.45) is 5.10 Å². The summed E-state index contributed by atoms with van der Waals surface area (Å²) in [5.74, 6) is 0.702. The second-order valence-electron chi connectivity index (χ2n) is 6.21. The third kappa shape index (κ3) is 4.27. The van der Waals surface area contributed by atoms with Gasteiger partial charge < -0.3 is 14.8 Å². The van der Waals surface area contributed by atoms with Crippen LogP contribution in [-0.4, -0.2) is 24.3 Å². The van der Waals surface area contributed by atoms with Gasteiger partial charge in [0.15, 0.2) is 11.5 Å². The van der Waals surface area contributed by atoms with Crippen LogP contribution >= 0.6 is 11.3 Å². The Morgan fingerprint density at radius 2 is 1.72 bits per heavy atom. The van der Waals surface area contributed by atoms with Gasteiger partial charge in [0.25, 0.3) is 11.8 Å². The van der Waals surface area contributed by atoms with Crippen LogP contribution in [0.5, 0.6) is 11.5 Å². The normalized spacial score (nSPS) is 12.5. The van der Waals surface area contributed by atoms with Gasteiger partial charge in [0, 0.05) is 11.3 Å². The fourth-order valence-electron chi connectivity index (χ4n) is 2.70. The van der Waals surface area contributed by atoms with Gasteiger partial charge in [-0.25, -0.2) is 5.43 Å². The molecule has 8 heteroatoms. The van der Waals surface area contributed by atoms with E-state index in [0.29, 0.717) is 33.3 Å². The minimum atomic E-state index is -0.246. The monoisotopic (exact) mass is 407 g/mol. The molecule has 146 valence electrons. The van der Waals surface area contributed by atoms with Crippen molar-refractivity contribution in [3.8, 4) is 11.5 Å². The standard InChI is InChI=1S/C21H17N3O4S/c1-13(23-24-21(26)19-3-2-10-29-19)14-4-7-16(8-5-14)22-20(25)15-6-9-17-18(11-15)28-12-27-17/h2-11H,12H2,1H3,(H,22,25)(H,24,26)/b23-13-. The summed E-state index contributed by atoms with van der Waals surface area (Å²) in [7, 11) is 0. The molecule has 1 aliphatic heterocycles.